The van der Waals surface area contributed by atoms with Gasteiger partial charge in [0, 0.05) is 17.7 Å². The Kier molecular flexibility index (Phi) is 9.95. The molecule has 12 nitrogen and oxygen atoms in total. The van der Waals surface area contributed by atoms with Crippen molar-refractivity contribution in [2.45, 2.75) is 32.3 Å². The minimum Gasteiger partial charge on any atom is -0.632 e. The highest BCUT2D eigenvalue weighted by Gasteiger charge is 2.32. The van der Waals surface area contributed by atoms with Crippen molar-refractivity contribution in [3.8, 4) is 11.5 Å². The minimum absolute atomic E-state index is 0.119. The highest BCUT2D eigenvalue weighted by molar-refractivity contribution is 5.69. The number of carboxylic acids is 2. The van der Waals surface area contributed by atoms with E-state index < -0.39 is 55.4 Å². The van der Waals surface area contributed by atoms with E-state index in [1.165, 1.54) is 41.3 Å². The molecule has 0 saturated carbocycles. The number of hydrogen-bond acceptors (Lipinski definition) is 9. The Hall–Kier alpha value is -3.26. The second-order valence-electron chi connectivity index (χ2n) is 8.33. The molecule has 12 heteroatoms. The Morgan fingerprint density at radius 3 is 2.06 bits per heavy atom. The molecule has 2 rings (SSSR count). The van der Waals surface area contributed by atoms with E-state index in [0.29, 0.717) is 11.1 Å². The third kappa shape index (κ3) is 8.17. The number of aliphatic carboxylic acids is 2. The number of benzene rings is 2. The first-order chi connectivity index (χ1) is 16.5. The minimum atomic E-state index is -1.43. The van der Waals surface area contributed by atoms with Gasteiger partial charge in [-0.15, -0.1) is 0 Å². The molecule has 0 fully saturated rings. The van der Waals surface area contributed by atoms with Gasteiger partial charge in [0.15, 0.2) is 6.54 Å². The molecule has 0 radical (unpaired) electrons. The summed E-state index contributed by atoms with van der Waals surface area (Å²) < 4.78 is -1.43. The first kappa shape index (κ1) is 28.0. The van der Waals surface area contributed by atoms with Gasteiger partial charge >= 0.3 is 11.9 Å². The standard InChI is InChI=1S/C23H30N2O10/c26-12-15-2-4-20(29)18(5-15)7-24(8-22(31)32)19(14-28)10-25(35,11-23(33)34)9-17-3-1-16(13-27)6-21(17)30/h1-6,19,26-30H,7-14H2,(H,31,32)(H,33,34). The van der Waals surface area contributed by atoms with E-state index >= 15 is 0 Å². The van der Waals surface area contributed by atoms with Crippen LogP contribution >= 0.6 is 0 Å². The van der Waals surface area contributed by atoms with Crippen molar-refractivity contribution < 1.29 is 50.0 Å². The summed E-state index contributed by atoms with van der Waals surface area (Å²) in [5, 5.41) is 81.3. The zero-order chi connectivity index (χ0) is 26.2. The largest absolute Gasteiger partial charge is 0.632 e. The van der Waals surface area contributed by atoms with E-state index in [1.54, 1.807) is 0 Å². The van der Waals surface area contributed by atoms with Gasteiger partial charge in [-0.05, 0) is 35.4 Å². The Balaban J connectivity index is 2.37. The maximum absolute atomic E-state index is 13.6. The van der Waals surface area contributed by atoms with Gasteiger partial charge < -0.3 is 45.6 Å². The van der Waals surface area contributed by atoms with Crippen molar-refractivity contribution in [1.82, 2.24) is 4.90 Å². The third-order valence-electron chi connectivity index (χ3n) is 5.52. The Bertz CT molecular complexity index is 1030. The SMILES string of the molecule is O=C(O)CN(Cc1cc(CO)ccc1O)C(CO)C[N+]([O-])(CC(=O)O)Cc1ccc(CO)cc1O. The molecule has 192 valence electrons. The van der Waals surface area contributed by atoms with E-state index in [1.807, 2.05) is 0 Å². The van der Waals surface area contributed by atoms with Crippen LogP contribution in [0, 0.1) is 5.21 Å². The first-order valence-electron chi connectivity index (χ1n) is 10.7. The number of phenolic OH excluding ortho intramolecular Hbond substituents is 2. The van der Waals surface area contributed by atoms with E-state index in [4.69, 9.17) is 0 Å². The Labute approximate surface area is 201 Å². The molecule has 2 aromatic rings. The van der Waals surface area contributed by atoms with Gasteiger partial charge in [-0.3, -0.25) is 9.69 Å². The molecule has 7 N–H and O–H groups in total. The molecule has 2 atom stereocenters. The number of quaternary nitrogens is 1. The lowest BCUT2D eigenvalue weighted by Gasteiger charge is -2.45. The molecule has 0 aliphatic rings. The molecule has 0 aliphatic carbocycles. The average molecular weight is 494 g/mol. The van der Waals surface area contributed by atoms with Crippen LogP contribution in [0.15, 0.2) is 36.4 Å². The number of rotatable bonds is 14. The van der Waals surface area contributed by atoms with Crippen LogP contribution in [0.25, 0.3) is 0 Å². The van der Waals surface area contributed by atoms with Crippen molar-refractivity contribution in [1.29, 1.82) is 0 Å². The number of nitrogens with zero attached hydrogens (tertiary/aromatic N) is 2. The summed E-state index contributed by atoms with van der Waals surface area (Å²) in [5.74, 6) is -3.20. The summed E-state index contributed by atoms with van der Waals surface area (Å²) in [4.78, 5) is 24.2. The fourth-order valence-electron chi connectivity index (χ4n) is 3.83. The summed E-state index contributed by atoms with van der Waals surface area (Å²) in [7, 11) is 0. The van der Waals surface area contributed by atoms with Crippen molar-refractivity contribution in [3.63, 3.8) is 0 Å². The van der Waals surface area contributed by atoms with Crippen LogP contribution in [-0.4, -0.2) is 89.5 Å². The van der Waals surface area contributed by atoms with Crippen LogP contribution in [0.4, 0.5) is 0 Å². The van der Waals surface area contributed by atoms with Crippen molar-refractivity contribution in [2.75, 3.05) is 26.2 Å². The third-order valence-corrected chi connectivity index (χ3v) is 5.52. The zero-order valence-electron chi connectivity index (χ0n) is 18.9. The number of carbonyl (C=O) groups is 2. The topological polar surface area (TPSA) is 202 Å². The number of phenols is 2. The highest BCUT2D eigenvalue weighted by atomic mass is 16.6. The maximum atomic E-state index is 13.6. The van der Waals surface area contributed by atoms with E-state index in [-0.39, 0.29) is 42.4 Å². The molecule has 0 heterocycles. The lowest BCUT2D eigenvalue weighted by Crippen LogP contribution is -2.55. The van der Waals surface area contributed by atoms with Gasteiger partial charge in [0.1, 0.15) is 18.0 Å². The molecule has 0 saturated heterocycles. The molecule has 2 unspecified atom stereocenters. The number of aliphatic hydroxyl groups is 3. The van der Waals surface area contributed by atoms with E-state index in [0.717, 1.165) is 0 Å². The molecule has 0 spiro atoms. The van der Waals surface area contributed by atoms with Crippen molar-refractivity contribution in [3.05, 3.63) is 63.9 Å². The zero-order valence-corrected chi connectivity index (χ0v) is 18.9. The van der Waals surface area contributed by atoms with Crippen LogP contribution in [0.5, 0.6) is 11.5 Å². The second-order valence-corrected chi connectivity index (χ2v) is 8.33. The predicted molar refractivity (Wildman–Crippen MR) is 122 cm³/mol. The number of aromatic hydroxyl groups is 2. The lowest BCUT2D eigenvalue weighted by molar-refractivity contribution is -0.889. The van der Waals surface area contributed by atoms with Crippen molar-refractivity contribution >= 4 is 11.9 Å². The average Bonchev–Trinajstić information content (AvgIpc) is 2.79. The van der Waals surface area contributed by atoms with E-state index in [9.17, 15) is 50.5 Å². The molecule has 35 heavy (non-hydrogen) atoms. The Morgan fingerprint density at radius 1 is 0.886 bits per heavy atom. The molecule has 0 bridgehead atoms. The number of carboxylic acid groups (broad SMARTS) is 2. The molecular weight excluding hydrogens is 464 g/mol. The van der Waals surface area contributed by atoms with Crippen LogP contribution in [0.1, 0.15) is 22.3 Å². The fraction of sp³-hybridized carbons (Fsp3) is 0.391. The van der Waals surface area contributed by atoms with Gasteiger partial charge in [-0.25, -0.2) is 4.79 Å². The summed E-state index contributed by atoms with van der Waals surface area (Å²) in [5.41, 5.74) is 1.21. The summed E-state index contributed by atoms with van der Waals surface area (Å²) in [6.07, 6.45) is 0. The van der Waals surface area contributed by atoms with Crippen LogP contribution in [-0.2, 0) is 35.9 Å². The monoisotopic (exact) mass is 494 g/mol. The fourth-order valence-corrected chi connectivity index (χ4v) is 3.83. The Morgan fingerprint density at radius 2 is 1.51 bits per heavy atom. The highest BCUT2D eigenvalue weighted by Crippen LogP contribution is 2.26. The quantitative estimate of drug-likeness (QED) is 0.137. The second kappa shape index (κ2) is 12.4. The van der Waals surface area contributed by atoms with Gasteiger partial charge in [0.25, 0.3) is 0 Å². The normalized spacial score (nSPS) is 14.0. The molecular formula is C23H30N2O10. The summed E-state index contributed by atoms with van der Waals surface area (Å²) in [6, 6.07) is 7.23. The number of aliphatic hydroxyl groups excluding tert-OH is 3. The molecule has 0 aliphatic heterocycles. The lowest BCUT2D eigenvalue weighted by atomic mass is 10.1. The molecule has 2 aromatic carbocycles. The van der Waals surface area contributed by atoms with E-state index in [2.05, 4.69) is 0 Å². The maximum Gasteiger partial charge on any atom is 0.359 e. The van der Waals surface area contributed by atoms with Gasteiger partial charge in [-0.2, -0.15) is 0 Å². The summed E-state index contributed by atoms with van der Waals surface area (Å²) >= 11 is 0. The van der Waals surface area contributed by atoms with Crippen LogP contribution < -0.4 is 0 Å². The number of hydroxylamine groups is 3. The number of hydrogen-bond donors (Lipinski definition) is 7. The van der Waals surface area contributed by atoms with Crippen molar-refractivity contribution in [2.24, 2.45) is 0 Å². The smallest absolute Gasteiger partial charge is 0.359 e. The molecule has 0 amide bonds. The first-order valence-corrected chi connectivity index (χ1v) is 10.7. The predicted octanol–water partition coefficient (Wildman–Crippen LogP) is -0.0707. The van der Waals surface area contributed by atoms with Gasteiger partial charge in [0.05, 0.1) is 39.0 Å². The van der Waals surface area contributed by atoms with Crippen LogP contribution in [0.2, 0.25) is 0 Å². The van der Waals surface area contributed by atoms with Crippen LogP contribution in [0.3, 0.4) is 0 Å². The summed E-state index contributed by atoms with van der Waals surface area (Å²) in [6.45, 7) is -4.16. The van der Waals surface area contributed by atoms with Gasteiger partial charge in [0.2, 0.25) is 0 Å². The molecule has 0 aromatic heterocycles. The van der Waals surface area contributed by atoms with Gasteiger partial charge in [-0.1, -0.05) is 12.1 Å².